The van der Waals surface area contributed by atoms with Gasteiger partial charge in [-0.25, -0.2) is 4.68 Å². The van der Waals surface area contributed by atoms with Gasteiger partial charge in [0.15, 0.2) is 0 Å². The Morgan fingerprint density at radius 2 is 1.54 bits per heavy atom. The van der Waals surface area contributed by atoms with Crippen molar-refractivity contribution < 1.29 is 4.92 Å². The summed E-state index contributed by atoms with van der Waals surface area (Å²) in [5, 5.41) is 23.8. The van der Waals surface area contributed by atoms with Crippen molar-refractivity contribution in [2.75, 3.05) is 0 Å². The first-order valence-electron chi connectivity index (χ1n) is 11.3. The summed E-state index contributed by atoms with van der Waals surface area (Å²) in [4.78, 5) is 10.7. The second-order valence-electron chi connectivity index (χ2n) is 8.16. The molecule has 0 bridgehead atoms. The minimum absolute atomic E-state index is 0.0599. The highest BCUT2D eigenvalue weighted by Gasteiger charge is 2.14. The summed E-state index contributed by atoms with van der Waals surface area (Å²) in [6.45, 7) is 1.99. The molecule has 0 saturated carbocycles. The van der Waals surface area contributed by atoms with Crippen LogP contribution in [-0.2, 0) is 19.6 Å². The van der Waals surface area contributed by atoms with Gasteiger partial charge in [-0.3, -0.25) is 14.8 Å². The van der Waals surface area contributed by atoms with E-state index in [-0.39, 0.29) is 5.69 Å². The van der Waals surface area contributed by atoms with E-state index in [4.69, 9.17) is 5.10 Å². The van der Waals surface area contributed by atoms with Gasteiger partial charge in [0.05, 0.1) is 22.8 Å². The van der Waals surface area contributed by atoms with Crippen molar-refractivity contribution >= 4 is 5.69 Å². The van der Waals surface area contributed by atoms with Crippen LogP contribution in [-0.4, -0.2) is 24.5 Å². The Hall–Kier alpha value is -4.56. The van der Waals surface area contributed by atoms with Crippen molar-refractivity contribution in [3.63, 3.8) is 0 Å². The molecule has 35 heavy (non-hydrogen) atoms. The third kappa shape index (κ3) is 5.18. The number of nitro benzene ring substituents is 1. The van der Waals surface area contributed by atoms with Crippen LogP contribution in [0.15, 0.2) is 104 Å². The van der Waals surface area contributed by atoms with E-state index < -0.39 is 4.92 Å². The van der Waals surface area contributed by atoms with Gasteiger partial charge in [0, 0.05) is 54.9 Å². The molecule has 1 N–H and O–H groups in total. The second kappa shape index (κ2) is 10.1. The molecule has 2 heterocycles. The first-order chi connectivity index (χ1) is 17.2. The van der Waals surface area contributed by atoms with E-state index in [1.807, 2.05) is 70.3 Å². The summed E-state index contributed by atoms with van der Waals surface area (Å²) >= 11 is 0. The van der Waals surface area contributed by atoms with Gasteiger partial charge < -0.3 is 5.32 Å². The lowest BCUT2D eigenvalue weighted by Gasteiger charge is -2.11. The number of hydrogen-bond donors (Lipinski definition) is 1. The third-order valence-corrected chi connectivity index (χ3v) is 5.80. The lowest BCUT2D eigenvalue weighted by Crippen LogP contribution is -2.15. The quantitative estimate of drug-likeness (QED) is 0.245. The van der Waals surface area contributed by atoms with Crippen LogP contribution in [0.1, 0.15) is 16.7 Å². The number of rotatable bonds is 9. The Morgan fingerprint density at radius 1 is 0.829 bits per heavy atom. The normalized spacial score (nSPS) is 11.0. The Bertz CT molecular complexity index is 1410. The maximum atomic E-state index is 11.1. The molecule has 0 aliphatic heterocycles. The highest BCUT2D eigenvalue weighted by atomic mass is 16.6. The number of para-hydroxylation sites is 1. The third-order valence-electron chi connectivity index (χ3n) is 5.80. The number of nitrogens with one attached hydrogen (secondary N) is 1. The van der Waals surface area contributed by atoms with Crippen LogP contribution in [0, 0.1) is 10.1 Å². The second-order valence-corrected chi connectivity index (χ2v) is 8.16. The van der Waals surface area contributed by atoms with E-state index in [0.29, 0.717) is 19.6 Å². The van der Waals surface area contributed by atoms with Gasteiger partial charge in [-0.05, 0) is 41.5 Å². The Kier molecular flexibility index (Phi) is 6.45. The number of non-ortho nitro benzene ring substituents is 1. The molecule has 8 nitrogen and oxygen atoms in total. The van der Waals surface area contributed by atoms with Crippen LogP contribution in [0.5, 0.6) is 0 Å². The summed E-state index contributed by atoms with van der Waals surface area (Å²) in [6.07, 6.45) is 5.75. The maximum absolute atomic E-state index is 11.1. The van der Waals surface area contributed by atoms with E-state index in [1.165, 1.54) is 23.3 Å². The van der Waals surface area contributed by atoms with E-state index in [0.717, 1.165) is 22.5 Å². The summed E-state index contributed by atoms with van der Waals surface area (Å²) in [7, 11) is 0. The largest absolute Gasteiger partial charge is 0.308 e. The minimum Gasteiger partial charge on any atom is -0.308 e. The van der Waals surface area contributed by atoms with Gasteiger partial charge in [-0.15, -0.1) is 0 Å². The van der Waals surface area contributed by atoms with Crippen LogP contribution in [0.2, 0.25) is 0 Å². The van der Waals surface area contributed by atoms with Crippen molar-refractivity contribution in [2.24, 2.45) is 0 Å². The molecule has 8 heteroatoms. The highest BCUT2D eigenvalue weighted by molar-refractivity contribution is 5.64. The lowest BCUT2D eigenvalue weighted by atomic mass is 10.1. The molecule has 5 rings (SSSR count). The molecule has 0 amide bonds. The molecule has 0 aliphatic rings. The smallest absolute Gasteiger partial charge is 0.269 e. The fraction of sp³-hybridized carbons (Fsp3) is 0.111. The van der Waals surface area contributed by atoms with Gasteiger partial charge in [-0.2, -0.15) is 10.2 Å². The van der Waals surface area contributed by atoms with Gasteiger partial charge in [-0.1, -0.05) is 42.5 Å². The average molecular weight is 465 g/mol. The standard InChI is InChI=1S/C27H24N6O2/c34-33(35)26-13-11-21(12-14-26)27-24(20-32(30-27)25-9-2-1-3-10-25)18-28-17-22-7-4-5-8-23(22)19-31-16-6-15-29-31/h1-16,20,28H,17-19H2. The fourth-order valence-electron chi connectivity index (χ4n) is 4.02. The number of nitrogens with zero attached hydrogens (tertiary/aromatic N) is 5. The number of benzene rings is 3. The molecular weight excluding hydrogens is 440 g/mol. The van der Waals surface area contributed by atoms with Gasteiger partial charge in [0.25, 0.3) is 5.69 Å². The van der Waals surface area contributed by atoms with Gasteiger partial charge >= 0.3 is 0 Å². The molecule has 2 aromatic heterocycles. The molecular formula is C27H24N6O2. The molecule has 174 valence electrons. The number of nitro groups is 1. The SMILES string of the molecule is O=[N+]([O-])c1ccc(-c2nn(-c3ccccc3)cc2CNCc2ccccc2Cn2cccn2)cc1. The Morgan fingerprint density at radius 3 is 2.26 bits per heavy atom. The first-order valence-corrected chi connectivity index (χ1v) is 11.3. The maximum Gasteiger partial charge on any atom is 0.269 e. The van der Waals surface area contributed by atoms with E-state index in [9.17, 15) is 10.1 Å². The minimum atomic E-state index is -0.393. The molecule has 0 radical (unpaired) electrons. The Labute approximate surface area is 202 Å². The van der Waals surface area contributed by atoms with Crippen molar-refractivity contribution in [2.45, 2.75) is 19.6 Å². The van der Waals surface area contributed by atoms with E-state index >= 15 is 0 Å². The first kappa shape index (κ1) is 22.2. The van der Waals surface area contributed by atoms with Crippen molar-refractivity contribution in [3.05, 3.63) is 130 Å². The average Bonchev–Trinajstić information content (AvgIpc) is 3.56. The zero-order chi connectivity index (χ0) is 24.0. The fourth-order valence-corrected chi connectivity index (χ4v) is 4.02. The zero-order valence-corrected chi connectivity index (χ0v) is 19.0. The highest BCUT2D eigenvalue weighted by Crippen LogP contribution is 2.26. The predicted molar refractivity (Wildman–Crippen MR) is 134 cm³/mol. The van der Waals surface area contributed by atoms with Crippen LogP contribution < -0.4 is 5.32 Å². The van der Waals surface area contributed by atoms with E-state index in [1.54, 1.807) is 18.3 Å². The van der Waals surface area contributed by atoms with Gasteiger partial charge in [0.2, 0.25) is 0 Å². The number of aromatic nitrogens is 4. The summed E-state index contributed by atoms with van der Waals surface area (Å²) < 4.78 is 3.76. The molecule has 0 atom stereocenters. The predicted octanol–water partition coefficient (Wildman–Crippen LogP) is 4.98. The molecule has 0 fully saturated rings. The zero-order valence-electron chi connectivity index (χ0n) is 19.0. The van der Waals surface area contributed by atoms with Crippen LogP contribution >= 0.6 is 0 Å². The monoisotopic (exact) mass is 464 g/mol. The van der Waals surface area contributed by atoms with Crippen molar-refractivity contribution in [3.8, 4) is 16.9 Å². The number of hydrogen-bond acceptors (Lipinski definition) is 5. The van der Waals surface area contributed by atoms with Crippen molar-refractivity contribution in [1.82, 2.24) is 24.9 Å². The molecule has 3 aromatic carbocycles. The molecule has 0 unspecified atom stereocenters. The summed E-state index contributed by atoms with van der Waals surface area (Å²) in [6, 6.07) is 26.7. The molecule has 0 aliphatic carbocycles. The topological polar surface area (TPSA) is 90.8 Å². The Balaban J connectivity index is 1.38. The van der Waals surface area contributed by atoms with Crippen molar-refractivity contribution in [1.29, 1.82) is 0 Å². The molecule has 0 saturated heterocycles. The lowest BCUT2D eigenvalue weighted by molar-refractivity contribution is -0.384. The molecule has 0 spiro atoms. The summed E-state index contributed by atoms with van der Waals surface area (Å²) in [5.41, 5.74) is 6.06. The van der Waals surface area contributed by atoms with E-state index in [2.05, 4.69) is 22.5 Å². The summed E-state index contributed by atoms with van der Waals surface area (Å²) in [5.74, 6) is 0. The van der Waals surface area contributed by atoms with Crippen LogP contribution in [0.25, 0.3) is 16.9 Å². The molecule has 5 aromatic rings. The van der Waals surface area contributed by atoms with Crippen LogP contribution in [0.3, 0.4) is 0 Å². The van der Waals surface area contributed by atoms with Gasteiger partial charge in [0.1, 0.15) is 0 Å². The van der Waals surface area contributed by atoms with Crippen LogP contribution in [0.4, 0.5) is 5.69 Å².